The third-order valence-electron chi connectivity index (χ3n) is 4.98. The normalized spacial score (nSPS) is 26.9. The lowest BCUT2D eigenvalue weighted by atomic mass is 9.75. The summed E-state index contributed by atoms with van der Waals surface area (Å²) in [4.78, 5) is 0. The summed E-state index contributed by atoms with van der Waals surface area (Å²) in [5.41, 5.74) is 3.08. The molecular weight excluding hydrogens is 222 g/mol. The molecular formula is C16H25NO. The lowest BCUT2D eigenvalue weighted by Crippen LogP contribution is -2.27. The molecule has 2 aliphatic rings. The van der Waals surface area contributed by atoms with Crippen molar-refractivity contribution in [3.05, 3.63) is 23.5 Å². The summed E-state index contributed by atoms with van der Waals surface area (Å²) >= 11 is 0. The topological polar surface area (TPSA) is 25.2 Å². The summed E-state index contributed by atoms with van der Waals surface area (Å²) in [6.45, 7) is 3.59. The molecule has 0 spiro atoms. The smallest absolute Gasteiger partial charge is 0.0807 e. The van der Waals surface area contributed by atoms with E-state index in [1.807, 2.05) is 0 Å². The molecule has 1 saturated carbocycles. The van der Waals surface area contributed by atoms with Gasteiger partial charge in [0.2, 0.25) is 0 Å². The molecule has 2 aliphatic carbocycles. The molecule has 1 unspecified atom stereocenters. The first-order chi connectivity index (χ1) is 8.68. The van der Waals surface area contributed by atoms with Crippen LogP contribution in [0.2, 0.25) is 0 Å². The first-order valence-electron chi connectivity index (χ1n) is 7.54. The average molecular weight is 247 g/mol. The standard InChI is InChI=1S/C16H25NO/c1-16(9-3-2-4-10-16)12-17-11-8-13-14(17)6-5-7-15(13)18/h8,11,15,18H,2-7,9-10,12H2,1H3. The van der Waals surface area contributed by atoms with Crippen LogP contribution in [0.15, 0.2) is 12.3 Å². The molecule has 2 nitrogen and oxygen atoms in total. The van der Waals surface area contributed by atoms with Gasteiger partial charge in [-0.15, -0.1) is 0 Å². The Bertz CT molecular complexity index is 415. The lowest BCUT2D eigenvalue weighted by molar-refractivity contribution is 0.151. The molecule has 0 aliphatic heterocycles. The Kier molecular flexibility index (Phi) is 3.23. The summed E-state index contributed by atoms with van der Waals surface area (Å²) < 4.78 is 2.43. The van der Waals surface area contributed by atoms with E-state index in [-0.39, 0.29) is 6.10 Å². The van der Waals surface area contributed by atoms with Crippen LogP contribution in [0.3, 0.4) is 0 Å². The number of hydrogen-bond donors (Lipinski definition) is 1. The van der Waals surface area contributed by atoms with E-state index in [0.29, 0.717) is 5.41 Å². The number of aliphatic hydroxyl groups is 1. The van der Waals surface area contributed by atoms with Crippen LogP contribution in [-0.4, -0.2) is 9.67 Å². The summed E-state index contributed by atoms with van der Waals surface area (Å²) in [6, 6.07) is 2.14. The molecule has 0 aromatic carbocycles. The van der Waals surface area contributed by atoms with Gasteiger partial charge in [-0.3, -0.25) is 0 Å². The van der Waals surface area contributed by atoms with Gasteiger partial charge >= 0.3 is 0 Å². The molecule has 1 fully saturated rings. The lowest BCUT2D eigenvalue weighted by Gasteiger charge is -2.35. The Balaban J connectivity index is 1.80. The van der Waals surface area contributed by atoms with Crippen molar-refractivity contribution in [2.45, 2.75) is 70.9 Å². The molecule has 100 valence electrons. The monoisotopic (exact) mass is 247 g/mol. The highest BCUT2D eigenvalue weighted by atomic mass is 16.3. The maximum Gasteiger partial charge on any atom is 0.0807 e. The molecule has 2 heteroatoms. The number of hydrogen-bond acceptors (Lipinski definition) is 1. The highest BCUT2D eigenvalue weighted by Crippen LogP contribution is 2.39. The third-order valence-corrected chi connectivity index (χ3v) is 4.98. The molecule has 1 atom stereocenters. The van der Waals surface area contributed by atoms with Gasteiger partial charge in [-0.25, -0.2) is 0 Å². The van der Waals surface area contributed by atoms with E-state index in [4.69, 9.17) is 0 Å². The molecule has 0 radical (unpaired) electrons. The molecule has 1 aromatic heterocycles. The van der Waals surface area contributed by atoms with Crippen molar-refractivity contribution in [2.24, 2.45) is 5.41 Å². The zero-order chi connectivity index (χ0) is 12.6. The maximum atomic E-state index is 10.0. The second-order valence-electron chi connectivity index (χ2n) is 6.63. The maximum absolute atomic E-state index is 10.0. The SMILES string of the molecule is CC1(Cn2ccc3c2CCCC3O)CCCCC1. The van der Waals surface area contributed by atoms with Crippen molar-refractivity contribution in [3.63, 3.8) is 0 Å². The second-order valence-corrected chi connectivity index (χ2v) is 6.63. The van der Waals surface area contributed by atoms with Crippen LogP contribution in [-0.2, 0) is 13.0 Å². The van der Waals surface area contributed by atoms with Crippen LogP contribution < -0.4 is 0 Å². The highest BCUT2D eigenvalue weighted by molar-refractivity contribution is 5.27. The Morgan fingerprint density at radius 1 is 1.28 bits per heavy atom. The van der Waals surface area contributed by atoms with Gasteiger partial charge in [0.25, 0.3) is 0 Å². The Hall–Kier alpha value is -0.760. The predicted molar refractivity (Wildman–Crippen MR) is 73.5 cm³/mol. The van der Waals surface area contributed by atoms with E-state index in [9.17, 15) is 5.11 Å². The molecule has 1 aromatic rings. The van der Waals surface area contributed by atoms with Gasteiger partial charge in [-0.05, 0) is 43.6 Å². The Morgan fingerprint density at radius 3 is 2.83 bits per heavy atom. The molecule has 0 bridgehead atoms. The summed E-state index contributed by atoms with van der Waals surface area (Å²) in [7, 11) is 0. The van der Waals surface area contributed by atoms with Gasteiger partial charge in [0, 0.05) is 24.0 Å². The minimum atomic E-state index is -0.214. The molecule has 3 rings (SSSR count). The number of rotatable bonds is 2. The van der Waals surface area contributed by atoms with E-state index in [0.717, 1.165) is 25.8 Å². The fraction of sp³-hybridized carbons (Fsp3) is 0.750. The van der Waals surface area contributed by atoms with E-state index in [1.54, 1.807) is 0 Å². The second kappa shape index (κ2) is 4.73. The van der Waals surface area contributed by atoms with Crippen LogP contribution in [0.4, 0.5) is 0 Å². The predicted octanol–water partition coefficient (Wildman–Crippen LogP) is 3.83. The summed E-state index contributed by atoms with van der Waals surface area (Å²) in [6.07, 6.45) is 12.1. The number of nitrogens with zero attached hydrogens (tertiary/aromatic N) is 1. The van der Waals surface area contributed by atoms with Gasteiger partial charge in [0.05, 0.1) is 6.10 Å². The van der Waals surface area contributed by atoms with Crippen molar-refractivity contribution < 1.29 is 5.11 Å². The quantitative estimate of drug-likeness (QED) is 0.844. The van der Waals surface area contributed by atoms with Crippen LogP contribution >= 0.6 is 0 Å². The van der Waals surface area contributed by atoms with Crippen LogP contribution in [0, 0.1) is 5.41 Å². The van der Waals surface area contributed by atoms with E-state index in [2.05, 4.69) is 23.8 Å². The van der Waals surface area contributed by atoms with Gasteiger partial charge in [0.15, 0.2) is 0 Å². The molecule has 1 N–H and O–H groups in total. The third kappa shape index (κ3) is 2.23. The minimum Gasteiger partial charge on any atom is -0.388 e. The summed E-state index contributed by atoms with van der Waals surface area (Å²) in [5.74, 6) is 0. The van der Waals surface area contributed by atoms with Gasteiger partial charge in [0.1, 0.15) is 0 Å². The van der Waals surface area contributed by atoms with Crippen molar-refractivity contribution in [1.82, 2.24) is 4.57 Å². The fourth-order valence-electron chi connectivity index (χ4n) is 3.85. The van der Waals surface area contributed by atoms with Gasteiger partial charge in [-0.1, -0.05) is 26.2 Å². The van der Waals surface area contributed by atoms with Crippen molar-refractivity contribution in [2.75, 3.05) is 0 Å². The zero-order valence-corrected chi connectivity index (χ0v) is 11.5. The molecule has 0 saturated heterocycles. The Morgan fingerprint density at radius 2 is 2.06 bits per heavy atom. The number of fused-ring (bicyclic) bond motifs is 1. The largest absolute Gasteiger partial charge is 0.388 e. The van der Waals surface area contributed by atoms with E-state index < -0.39 is 0 Å². The average Bonchev–Trinajstić information content (AvgIpc) is 2.74. The Labute approximate surface area is 110 Å². The van der Waals surface area contributed by atoms with Gasteiger partial charge < -0.3 is 9.67 Å². The molecule has 1 heterocycles. The van der Waals surface area contributed by atoms with Crippen LogP contribution in [0.25, 0.3) is 0 Å². The highest BCUT2D eigenvalue weighted by Gasteiger charge is 2.29. The van der Waals surface area contributed by atoms with Crippen molar-refractivity contribution >= 4 is 0 Å². The fourth-order valence-corrected chi connectivity index (χ4v) is 3.85. The van der Waals surface area contributed by atoms with Crippen molar-refractivity contribution in [3.8, 4) is 0 Å². The first-order valence-corrected chi connectivity index (χ1v) is 7.54. The number of aliphatic hydroxyl groups excluding tert-OH is 1. The van der Waals surface area contributed by atoms with Crippen LogP contribution in [0.1, 0.15) is 69.2 Å². The minimum absolute atomic E-state index is 0.214. The number of aromatic nitrogens is 1. The van der Waals surface area contributed by atoms with Crippen LogP contribution in [0.5, 0.6) is 0 Å². The molecule has 18 heavy (non-hydrogen) atoms. The first kappa shape index (κ1) is 12.3. The zero-order valence-electron chi connectivity index (χ0n) is 11.5. The van der Waals surface area contributed by atoms with E-state index >= 15 is 0 Å². The van der Waals surface area contributed by atoms with E-state index in [1.165, 1.54) is 43.4 Å². The van der Waals surface area contributed by atoms with Gasteiger partial charge in [-0.2, -0.15) is 0 Å². The summed E-state index contributed by atoms with van der Waals surface area (Å²) in [5, 5.41) is 10.0. The van der Waals surface area contributed by atoms with Crippen molar-refractivity contribution in [1.29, 1.82) is 0 Å². The molecule has 0 amide bonds.